The van der Waals surface area contributed by atoms with Crippen LogP contribution in [0, 0.1) is 0 Å². The number of hydrogen-bond donors (Lipinski definition) is 1. The molecule has 0 spiro atoms. The molecule has 2 aromatic rings. The van der Waals surface area contributed by atoms with E-state index in [9.17, 15) is 0 Å². The number of hydrogen-bond acceptors (Lipinski definition) is 4. The van der Waals surface area contributed by atoms with E-state index in [0.717, 1.165) is 17.4 Å². The molecule has 0 saturated heterocycles. The van der Waals surface area contributed by atoms with Crippen molar-refractivity contribution in [3.05, 3.63) is 30.0 Å². The van der Waals surface area contributed by atoms with Gasteiger partial charge in [-0.2, -0.15) is 0 Å². The summed E-state index contributed by atoms with van der Waals surface area (Å²) in [6.07, 6.45) is 0.810. The average Bonchev–Trinajstić information content (AvgIpc) is 2.78. The summed E-state index contributed by atoms with van der Waals surface area (Å²) in [7, 11) is 0. The number of fused-ring (bicyclic) bond motifs is 1. The number of para-hydroxylation sites is 1. The zero-order chi connectivity index (χ0) is 13.7. The number of benzene rings is 1. The van der Waals surface area contributed by atoms with Gasteiger partial charge < -0.3 is 19.6 Å². The fraction of sp³-hybridized carbons (Fsp3) is 0.357. The van der Waals surface area contributed by atoms with Crippen LogP contribution in [0.4, 0.5) is 0 Å². The summed E-state index contributed by atoms with van der Waals surface area (Å²) in [5.41, 5.74) is 6.39. The topological polar surface area (TPSA) is 57.6 Å². The Kier molecular flexibility index (Phi) is 4.76. The van der Waals surface area contributed by atoms with Crippen LogP contribution in [0.1, 0.15) is 19.1 Å². The second kappa shape index (κ2) is 6.54. The van der Waals surface area contributed by atoms with Crippen LogP contribution in [0.2, 0.25) is 0 Å². The van der Waals surface area contributed by atoms with Gasteiger partial charge in [0.2, 0.25) is 5.76 Å². The van der Waals surface area contributed by atoms with Crippen LogP contribution in [-0.4, -0.2) is 24.8 Å². The minimum absolute atomic E-state index is 0.205. The molecule has 4 nitrogen and oxygen atoms in total. The molecule has 0 saturated carbocycles. The lowest BCUT2D eigenvalue weighted by Gasteiger charge is -2.06. The number of thiocarbonyl (C=S) groups is 1. The van der Waals surface area contributed by atoms with E-state index in [0.29, 0.717) is 31.3 Å². The van der Waals surface area contributed by atoms with Crippen molar-refractivity contribution in [1.82, 2.24) is 0 Å². The summed E-state index contributed by atoms with van der Waals surface area (Å²) in [5.74, 6) is 1.06. The maximum absolute atomic E-state index is 5.76. The van der Waals surface area contributed by atoms with Crippen molar-refractivity contribution in [3.63, 3.8) is 0 Å². The second-order valence-electron chi connectivity index (χ2n) is 4.02. The second-order valence-corrected chi connectivity index (χ2v) is 4.46. The average molecular weight is 279 g/mol. The molecule has 0 atom stereocenters. The van der Waals surface area contributed by atoms with Crippen molar-refractivity contribution >= 4 is 28.2 Å². The molecule has 0 amide bonds. The van der Waals surface area contributed by atoms with E-state index in [1.165, 1.54) is 0 Å². The standard InChI is InChI=1S/C14H17NO3S/c1-2-16-8-5-9-17-12-10-6-3-4-7-11(10)18-13(12)14(15)19/h3-4,6-7H,2,5,8-9H2,1H3,(H2,15,19). The third kappa shape index (κ3) is 3.24. The number of nitrogens with two attached hydrogens (primary N) is 1. The Morgan fingerprint density at radius 2 is 2.11 bits per heavy atom. The summed E-state index contributed by atoms with van der Waals surface area (Å²) >= 11 is 4.99. The first kappa shape index (κ1) is 13.8. The summed E-state index contributed by atoms with van der Waals surface area (Å²) in [5, 5.41) is 0.890. The van der Waals surface area contributed by atoms with E-state index in [4.69, 9.17) is 31.8 Å². The highest BCUT2D eigenvalue weighted by Crippen LogP contribution is 2.33. The van der Waals surface area contributed by atoms with E-state index >= 15 is 0 Å². The monoisotopic (exact) mass is 279 g/mol. The van der Waals surface area contributed by atoms with Crippen LogP contribution in [0.5, 0.6) is 5.75 Å². The van der Waals surface area contributed by atoms with E-state index in [-0.39, 0.29) is 4.99 Å². The summed E-state index contributed by atoms with van der Waals surface area (Å²) in [6, 6.07) is 7.62. The molecule has 2 rings (SSSR count). The normalized spacial score (nSPS) is 10.8. The lowest BCUT2D eigenvalue weighted by molar-refractivity contribution is 0.131. The van der Waals surface area contributed by atoms with Gasteiger partial charge >= 0.3 is 0 Å². The van der Waals surface area contributed by atoms with E-state index in [1.54, 1.807) is 0 Å². The van der Waals surface area contributed by atoms with Crippen LogP contribution in [0.25, 0.3) is 11.0 Å². The maximum atomic E-state index is 5.76. The SMILES string of the molecule is CCOCCCOc1c(C(N)=S)oc2ccccc12. The Morgan fingerprint density at radius 3 is 2.84 bits per heavy atom. The van der Waals surface area contributed by atoms with E-state index in [2.05, 4.69) is 0 Å². The van der Waals surface area contributed by atoms with Crippen LogP contribution in [0.15, 0.2) is 28.7 Å². The summed E-state index contributed by atoms with van der Waals surface area (Å²) < 4.78 is 16.6. The molecule has 0 unspecified atom stereocenters. The van der Waals surface area contributed by atoms with Crippen molar-refractivity contribution in [2.75, 3.05) is 19.8 Å². The van der Waals surface area contributed by atoms with Gasteiger partial charge in [-0.05, 0) is 19.1 Å². The molecule has 1 heterocycles. The van der Waals surface area contributed by atoms with Gasteiger partial charge in [0.15, 0.2) is 5.75 Å². The zero-order valence-electron chi connectivity index (χ0n) is 10.8. The van der Waals surface area contributed by atoms with Crippen LogP contribution < -0.4 is 10.5 Å². The number of ether oxygens (including phenoxy) is 2. The lowest BCUT2D eigenvalue weighted by atomic mass is 10.2. The molecule has 1 aromatic heterocycles. The highest BCUT2D eigenvalue weighted by molar-refractivity contribution is 7.80. The summed E-state index contributed by atoms with van der Waals surface area (Å²) in [6.45, 7) is 3.90. The molecule has 19 heavy (non-hydrogen) atoms. The molecule has 0 bridgehead atoms. The van der Waals surface area contributed by atoms with Gasteiger partial charge in [-0.3, -0.25) is 0 Å². The molecular formula is C14H17NO3S. The van der Waals surface area contributed by atoms with Crippen molar-refractivity contribution in [2.24, 2.45) is 5.73 Å². The van der Waals surface area contributed by atoms with Gasteiger partial charge in [-0.15, -0.1) is 0 Å². The fourth-order valence-electron chi connectivity index (χ4n) is 1.81. The molecule has 5 heteroatoms. The Balaban J connectivity index is 2.15. The van der Waals surface area contributed by atoms with E-state index in [1.807, 2.05) is 31.2 Å². The van der Waals surface area contributed by atoms with Gasteiger partial charge in [0.05, 0.1) is 12.0 Å². The molecule has 102 valence electrons. The molecule has 0 aliphatic heterocycles. The Bertz CT molecular complexity index is 565. The van der Waals surface area contributed by atoms with Gasteiger partial charge in [0, 0.05) is 19.6 Å². The van der Waals surface area contributed by atoms with Crippen LogP contribution in [0.3, 0.4) is 0 Å². The Labute approximate surface area is 117 Å². The minimum Gasteiger partial charge on any atom is -0.489 e. The molecule has 2 N–H and O–H groups in total. The highest BCUT2D eigenvalue weighted by atomic mass is 32.1. The fourth-order valence-corrected chi connectivity index (χ4v) is 1.94. The molecule has 0 aliphatic rings. The molecular weight excluding hydrogens is 262 g/mol. The smallest absolute Gasteiger partial charge is 0.204 e. The van der Waals surface area contributed by atoms with Gasteiger partial charge in [-0.1, -0.05) is 24.4 Å². The molecule has 0 aliphatic carbocycles. The Hall–Kier alpha value is -1.59. The maximum Gasteiger partial charge on any atom is 0.204 e. The quantitative estimate of drug-likeness (QED) is 0.624. The molecule has 1 aromatic carbocycles. The van der Waals surface area contributed by atoms with Gasteiger partial charge in [-0.25, -0.2) is 0 Å². The zero-order valence-corrected chi connectivity index (χ0v) is 11.7. The minimum atomic E-state index is 0.205. The van der Waals surface area contributed by atoms with Crippen molar-refractivity contribution in [3.8, 4) is 5.75 Å². The number of rotatable bonds is 7. The van der Waals surface area contributed by atoms with Crippen LogP contribution in [-0.2, 0) is 4.74 Å². The first-order chi connectivity index (χ1) is 9.24. The van der Waals surface area contributed by atoms with Crippen molar-refractivity contribution < 1.29 is 13.9 Å². The predicted octanol–water partition coefficient (Wildman–Crippen LogP) is 2.87. The van der Waals surface area contributed by atoms with E-state index < -0.39 is 0 Å². The highest BCUT2D eigenvalue weighted by Gasteiger charge is 2.17. The first-order valence-electron chi connectivity index (χ1n) is 6.26. The van der Waals surface area contributed by atoms with Crippen molar-refractivity contribution in [1.29, 1.82) is 0 Å². The first-order valence-corrected chi connectivity index (χ1v) is 6.66. The largest absolute Gasteiger partial charge is 0.489 e. The third-order valence-corrected chi connectivity index (χ3v) is 2.84. The predicted molar refractivity (Wildman–Crippen MR) is 78.7 cm³/mol. The van der Waals surface area contributed by atoms with Crippen LogP contribution >= 0.6 is 12.2 Å². The number of furan rings is 1. The summed E-state index contributed by atoms with van der Waals surface area (Å²) in [4.78, 5) is 0.205. The Morgan fingerprint density at radius 1 is 1.32 bits per heavy atom. The van der Waals surface area contributed by atoms with Crippen molar-refractivity contribution in [2.45, 2.75) is 13.3 Å². The molecule has 0 fully saturated rings. The molecule has 0 radical (unpaired) electrons. The lowest BCUT2D eigenvalue weighted by Crippen LogP contribution is -2.11. The third-order valence-electron chi connectivity index (χ3n) is 2.66. The van der Waals surface area contributed by atoms with Gasteiger partial charge in [0.25, 0.3) is 0 Å². The van der Waals surface area contributed by atoms with Gasteiger partial charge in [0.1, 0.15) is 10.6 Å².